The van der Waals surface area contributed by atoms with Crippen molar-refractivity contribution >= 4 is 39.2 Å². The van der Waals surface area contributed by atoms with E-state index in [9.17, 15) is 18.0 Å². The zero-order valence-electron chi connectivity index (χ0n) is 15.8. The van der Waals surface area contributed by atoms with Gasteiger partial charge in [-0.15, -0.1) is 0 Å². The molecule has 3 rings (SSSR count). The van der Waals surface area contributed by atoms with Crippen molar-refractivity contribution in [1.29, 1.82) is 0 Å². The number of rotatable bonds is 6. The van der Waals surface area contributed by atoms with Crippen molar-refractivity contribution in [3.8, 4) is 0 Å². The van der Waals surface area contributed by atoms with Gasteiger partial charge in [-0.2, -0.15) is 4.31 Å². The molecule has 29 heavy (non-hydrogen) atoms. The molecule has 1 amide bonds. The Hall–Kier alpha value is -2.42. The van der Waals surface area contributed by atoms with Gasteiger partial charge in [0.25, 0.3) is 5.91 Å². The molecule has 7 nitrogen and oxygen atoms in total. The molecule has 154 valence electrons. The van der Waals surface area contributed by atoms with Gasteiger partial charge < -0.3 is 10.1 Å². The smallest absolute Gasteiger partial charge is 0.324 e. The highest BCUT2D eigenvalue weighted by Gasteiger charge is 2.40. The first-order chi connectivity index (χ1) is 13.8. The second kappa shape index (κ2) is 8.94. The first-order valence-electron chi connectivity index (χ1n) is 9.08. The number of esters is 1. The zero-order chi connectivity index (χ0) is 21.0. The van der Waals surface area contributed by atoms with E-state index in [4.69, 9.17) is 16.3 Å². The summed E-state index contributed by atoms with van der Waals surface area (Å²) in [5.74, 6) is -1.25. The van der Waals surface area contributed by atoms with E-state index in [1.165, 1.54) is 12.1 Å². The lowest BCUT2D eigenvalue weighted by atomic mass is 10.2. The second-order valence-corrected chi connectivity index (χ2v) is 9.08. The van der Waals surface area contributed by atoms with Crippen LogP contribution in [0.15, 0.2) is 53.4 Å². The molecule has 1 aliphatic rings. The lowest BCUT2D eigenvalue weighted by molar-refractivity contribution is -0.150. The summed E-state index contributed by atoms with van der Waals surface area (Å²) in [4.78, 5) is 24.6. The summed E-state index contributed by atoms with van der Waals surface area (Å²) < 4.78 is 32.0. The average molecular weight is 437 g/mol. The number of nitrogens with zero attached hydrogens (tertiary/aromatic N) is 1. The Morgan fingerprint density at radius 1 is 1.14 bits per heavy atom. The molecule has 0 aliphatic carbocycles. The molecule has 0 radical (unpaired) electrons. The van der Waals surface area contributed by atoms with Gasteiger partial charge in [-0.25, -0.2) is 8.42 Å². The van der Waals surface area contributed by atoms with E-state index in [0.717, 1.165) is 9.87 Å². The highest BCUT2D eigenvalue weighted by Crippen LogP contribution is 2.27. The van der Waals surface area contributed by atoms with Gasteiger partial charge in [0.1, 0.15) is 6.04 Å². The number of hydrogen-bond acceptors (Lipinski definition) is 5. The lowest BCUT2D eigenvalue weighted by Crippen LogP contribution is -2.42. The fraction of sp³-hybridized carbons (Fsp3) is 0.300. The molecule has 9 heteroatoms. The maximum Gasteiger partial charge on any atom is 0.324 e. The van der Waals surface area contributed by atoms with Crippen molar-refractivity contribution in [2.24, 2.45) is 0 Å². The molecule has 1 aliphatic heterocycles. The minimum Gasteiger partial charge on any atom is -0.454 e. The largest absolute Gasteiger partial charge is 0.454 e. The van der Waals surface area contributed by atoms with Gasteiger partial charge in [0.15, 0.2) is 6.61 Å². The van der Waals surface area contributed by atoms with Gasteiger partial charge in [-0.05, 0) is 56.2 Å². The molecular weight excluding hydrogens is 416 g/mol. The molecule has 2 aromatic rings. The Morgan fingerprint density at radius 3 is 2.45 bits per heavy atom. The number of carbonyl (C=O) groups excluding carboxylic acids is 2. The third-order valence-corrected chi connectivity index (χ3v) is 6.75. The van der Waals surface area contributed by atoms with Crippen LogP contribution in [0, 0.1) is 6.92 Å². The van der Waals surface area contributed by atoms with Crippen molar-refractivity contribution in [1.82, 2.24) is 4.31 Å². The number of benzene rings is 2. The van der Waals surface area contributed by atoms with Crippen LogP contribution in [-0.2, 0) is 24.3 Å². The Kier molecular flexibility index (Phi) is 6.56. The number of amides is 1. The van der Waals surface area contributed by atoms with Crippen molar-refractivity contribution in [3.63, 3.8) is 0 Å². The van der Waals surface area contributed by atoms with E-state index < -0.39 is 34.5 Å². The van der Waals surface area contributed by atoms with E-state index in [0.29, 0.717) is 23.6 Å². The zero-order valence-corrected chi connectivity index (χ0v) is 17.4. The SMILES string of the molecule is Cc1ccc(S(=O)(=O)N2CCC[C@H]2C(=O)OCC(=O)Nc2ccc(Cl)cc2)cc1. The molecule has 0 unspecified atom stereocenters. The Bertz CT molecular complexity index is 991. The molecule has 1 atom stereocenters. The van der Waals surface area contributed by atoms with E-state index in [-0.39, 0.29) is 11.4 Å². The molecular formula is C20H21ClN2O5S. The van der Waals surface area contributed by atoms with E-state index in [1.54, 1.807) is 36.4 Å². The van der Waals surface area contributed by atoms with Crippen LogP contribution >= 0.6 is 11.6 Å². The number of sulfonamides is 1. The summed E-state index contributed by atoms with van der Waals surface area (Å²) in [6.07, 6.45) is 0.893. The number of hydrogen-bond donors (Lipinski definition) is 1. The number of anilines is 1. The summed E-state index contributed by atoms with van der Waals surface area (Å²) in [5, 5.41) is 3.11. The normalized spacial score (nSPS) is 17.1. The van der Waals surface area contributed by atoms with Crippen LogP contribution < -0.4 is 5.32 Å². The van der Waals surface area contributed by atoms with Gasteiger partial charge in [0, 0.05) is 17.3 Å². The molecule has 1 fully saturated rings. The highest BCUT2D eigenvalue weighted by atomic mass is 35.5. The minimum atomic E-state index is -3.82. The van der Waals surface area contributed by atoms with Crippen LogP contribution in [0.5, 0.6) is 0 Å². The first kappa shape index (κ1) is 21.3. The standard InChI is InChI=1S/C20H21ClN2O5S/c1-14-4-10-17(11-5-14)29(26,27)23-12-2-3-18(23)20(25)28-13-19(24)22-16-8-6-15(21)7-9-16/h4-11,18H,2-3,12-13H2,1H3,(H,22,24)/t18-/m0/s1. The van der Waals surface area contributed by atoms with Gasteiger partial charge in [-0.1, -0.05) is 29.3 Å². The van der Waals surface area contributed by atoms with Crippen LogP contribution in [0.25, 0.3) is 0 Å². The number of aryl methyl sites for hydroxylation is 1. The summed E-state index contributed by atoms with van der Waals surface area (Å²) >= 11 is 5.79. The Labute approximate surface area is 174 Å². The lowest BCUT2D eigenvalue weighted by Gasteiger charge is -2.22. The number of carbonyl (C=O) groups is 2. The predicted octanol–water partition coefficient (Wildman–Crippen LogP) is 2.98. The maximum atomic E-state index is 12.9. The van der Waals surface area contributed by atoms with Crippen molar-refractivity contribution in [2.75, 3.05) is 18.5 Å². The van der Waals surface area contributed by atoms with Crippen molar-refractivity contribution < 1.29 is 22.7 Å². The molecule has 0 saturated carbocycles. The predicted molar refractivity (Wildman–Crippen MR) is 109 cm³/mol. The fourth-order valence-electron chi connectivity index (χ4n) is 3.07. The molecule has 0 aromatic heterocycles. The molecule has 0 bridgehead atoms. The summed E-state index contributed by atoms with van der Waals surface area (Å²) in [7, 11) is -3.82. The molecule has 1 N–H and O–H groups in total. The van der Waals surface area contributed by atoms with Crippen molar-refractivity contribution in [3.05, 3.63) is 59.1 Å². The second-order valence-electron chi connectivity index (χ2n) is 6.75. The molecule has 2 aromatic carbocycles. The number of nitrogens with one attached hydrogen (secondary N) is 1. The molecule has 0 spiro atoms. The van der Waals surface area contributed by atoms with Crippen LogP contribution in [-0.4, -0.2) is 43.8 Å². The monoisotopic (exact) mass is 436 g/mol. The quantitative estimate of drug-likeness (QED) is 0.702. The first-order valence-corrected chi connectivity index (χ1v) is 10.9. The van der Waals surface area contributed by atoms with Crippen LogP contribution in [0.4, 0.5) is 5.69 Å². The van der Waals surface area contributed by atoms with E-state index in [2.05, 4.69) is 5.32 Å². The van der Waals surface area contributed by atoms with Crippen LogP contribution in [0.3, 0.4) is 0 Å². The average Bonchev–Trinajstić information content (AvgIpc) is 3.19. The number of halogens is 1. The van der Waals surface area contributed by atoms with Gasteiger partial charge in [-0.3, -0.25) is 9.59 Å². The summed E-state index contributed by atoms with van der Waals surface area (Å²) in [6.45, 7) is 1.59. The maximum absolute atomic E-state index is 12.9. The molecule has 1 heterocycles. The van der Waals surface area contributed by atoms with E-state index in [1.807, 2.05) is 6.92 Å². The highest BCUT2D eigenvalue weighted by molar-refractivity contribution is 7.89. The summed E-state index contributed by atoms with van der Waals surface area (Å²) in [6, 6.07) is 12.0. The van der Waals surface area contributed by atoms with Crippen molar-refractivity contribution in [2.45, 2.75) is 30.7 Å². The fourth-order valence-corrected chi connectivity index (χ4v) is 4.84. The van der Waals surface area contributed by atoms with E-state index >= 15 is 0 Å². The third kappa shape index (κ3) is 5.14. The molecule has 1 saturated heterocycles. The van der Waals surface area contributed by atoms with Gasteiger partial charge in [0.2, 0.25) is 10.0 Å². The van der Waals surface area contributed by atoms with Gasteiger partial charge >= 0.3 is 5.97 Å². The van der Waals surface area contributed by atoms with Crippen LogP contribution in [0.1, 0.15) is 18.4 Å². The minimum absolute atomic E-state index is 0.128. The Balaban J connectivity index is 1.61. The topological polar surface area (TPSA) is 92.8 Å². The Morgan fingerprint density at radius 2 is 1.79 bits per heavy atom. The van der Waals surface area contributed by atoms with Gasteiger partial charge in [0.05, 0.1) is 4.90 Å². The van der Waals surface area contributed by atoms with Crippen LogP contribution in [0.2, 0.25) is 5.02 Å². The third-order valence-electron chi connectivity index (χ3n) is 4.58. The summed E-state index contributed by atoms with van der Waals surface area (Å²) in [5.41, 5.74) is 1.45. The number of ether oxygens (including phenoxy) is 1.